The first kappa shape index (κ1) is 22.8. The molecule has 0 aliphatic carbocycles. The fraction of sp³-hybridized carbons (Fsp3) is 0.444. The van der Waals surface area contributed by atoms with Gasteiger partial charge in [-0.2, -0.15) is 0 Å². The van der Waals surface area contributed by atoms with Crippen LogP contribution in [0.5, 0.6) is 0 Å². The molecule has 68 valence electrons. The van der Waals surface area contributed by atoms with E-state index in [1.807, 2.05) is 0 Å². The van der Waals surface area contributed by atoms with E-state index in [0.29, 0.717) is 6.42 Å². The normalized spacial score (nSPS) is 7.58. The van der Waals surface area contributed by atoms with Gasteiger partial charge in [-0.25, -0.2) is 19.6 Å². The minimum Gasteiger partial charge on any atom is -1.00 e. The van der Waals surface area contributed by atoms with Crippen LogP contribution in [0.1, 0.15) is 20.3 Å². The molecule has 0 fully saturated rings. The van der Waals surface area contributed by atoms with E-state index in [1.165, 1.54) is 6.08 Å². The van der Waals surface area contributed by atoms with Gasteiger partial charge < -0.3 is 17.5 Å². The maximum absolute atomic E-state index is 8.95. The Balaban J connectivity index is -0.0000000569. The molecular formula is C9H17ClMgO. The maximum Gasteiger partial charge on any atom is 2.00 e. The molecule has 0 spiro atoms. The van der Waals surface area contributed by atoms with Crippen molar-refractivity contribution in [3.05, 3.63) is 32.2 Å². The number of halogens is 1. The topological polar surface area (TPSA) is 20.2 Å². The van der Waals surface area contributed by atoms with Crippen LogP contribution in [0.2, 0.25) is 0 Å². The Morgan fingerprint density at radius 2 is 1.67 bits per heavy atom. The molecule has 0 rings (SSSR count). The third-order valence-electron chi connectivity index (χ3n) is 0.644. The first-order chi connectivity index (χ1) is 4.47. The fourth-order valence-electron chi connectivity index (χ4n) is 0.353. The second-order valence-corrected chi connectivity index (χ2v) is 2.59. The zero-order valence-corrected chi connectivity index (χ0v) is 10.2. The number of rotatable bonds is 2. The summed E-state index contributed by atoms with van der Waals surface area (Å²) in [6.07, 6.45) is 3.87. The summed E-state index contributed by atoms with van der Waals surface area (Å²) in [5, 5.41) is 8.95. The van der Waals surface area contributed by atoms with E-state index in [9.17, 15) is 0 Å². The molecular weight excluding hydrogens is 184 g/mol. The van der Waals surface area contributed by atoms with Crippen LogP contribution in [0.15, 0.2) is 25.3 Å². The van der Waals surface area contributed by atoms with Crippen molar-refractivity contribution in [1.29, 1.82) is 0 Å². The van der Waals surface area contributed by atoms with Crippen LogP contribution in [-0.4, -0.2) is 33.8 Å². The minimum absolute atomic E-state index is 0. The van der Waals surface area contributed by atoms with Crippen LogP contribution >= 0.6 is 0 Å². The van der Waals surface area contributed by atoms with E-state index in [0.717, 1.165) is 0 Å². The molecule has 1 nitrogen and oxygen atoms in total. The summed E-state index contributed by atoms with van der Waals surface area (Å²) in [5.41, 5.74) is -0.568. The summed E-state index contributed by atoms with van der Waals surface area (Å²) in [5.74, 6) is 0. The second kappa shape index (κ2) is 13.9. The van der Waals surface area contributed by atoms with Gasteiger partial charge in [0.05, 0.1) is 5.60 Å². The van der Waals surface area contributed by atoms with Gasteiger partial charge in [0.25, 0.3) is 0 Å². The fourth-order valence-corrected chi connectivity index (χ4v) is 0.353. The van der Waals surface area contributed by atoms with Crippen LogP contribution in [0.25, 0.3) is 0 Å². The van der Waals surface area contributed by atoms with E-state index < -0.39 is 5.60 Å². The Kier molecular flexibility index (Phi) is 26.5. The molecule has 12 heavy (non-hydrogen) atoms. The van der Waals surface area contributed by atoms with Crippen molar-refractivity contribution in [2.45, 2.75) is 25.9 Å². The average Bonchev–Trinajstić information content (AvgIpc) is 1.63. The van der Waals surface area contributed by atoms with Gasteiger partial charge in [-0.3, -0.25) is 0 Å². The molecule has 0 bridgehead atoms. The summed E-state index contributed by atoms with van der Waals surface area (Å²) in [4.78, 5) is 0. The van der Waals surface area contributed by atoms with Crippen LogP contribution in [0.3, 0.4) is 0 Å². The molecule has 0 aromatic carbocycles. The Hall–Kier alpha value is 0.366. The Morgan fingerprint density at radius 3 is 1.67 bits per heavy atom. The number of aliphatic hydroxyl groups is 1. The third-order valence-corrected chi connectivity index (χ3v) is 0.644. The van der Waals surface area contributed by atoms with Gasteiger partial charge in [0.2, 0.25) is 0 Å². The van der Waals surface area contributed by atoms with E-state index in [4.69, 9.17) is 5.11 Å². The molecule has 0 radical (unpaired) electrons. The molecule has 0 aliphatic heterocycles. The molecule has 0 unspecified atom stereocenters. The van der Waals surface area contributed by atoms with Gasteiger partial charge >= 0.3 is 23.1 Å². The molecule has 0 aromatic rings. The predicted octanol–water partition coefficient (Wildman–Crippen LogP) is -1.04. The van der Waals surface area contributed by atoms with Gasteiger partial charge in [0.15, 0.2) is 0 Å². The molecule has 1 N–H and O–H groups in total. The standard InChI is InChI=1S/C6H12O.C3H5.ClH.Mg/c1-4-5-6(2,3)7;1-3-2;;/h4,7H,1,5H2,2-3H3;3H,1-2H2;1H;/q;-1;;+2/p-1. The van der Waals surface area contributed by atoms with Crippen LogP contribution in [-0.2, 0) is 0 Å². The summed E-state index contributed by atoms with van der Waals surface area (Å²) in [7, 11) is 0. The van der Waals surface area contributed by atoms with Gasteiger partial charge in [0.1, 0.15) is 0 Å². The smallest absolute Gasteiger partial charge is 1.00 e. The molecule has 0 heterocycles. The minimum atomic E-state index is -0.568. The van der Waals surface area contributed by atoms with Gasteiger partial charge in [0, 0.05) is 0 Å². The summed E-state index contributed by atoms with van der Waals surface area (Å²) in [6, 6.07) is 0. The molecule has 0 aromatic heterocycles. The molecule has 0 atom stereocenters. The van der Waals surface area contributed by atoms with Crippen LogP contribution in [0, 0.1) is 6.92 Å². The molecule has 3 heteroatoms. The second-order valence-electron chi connectivity index (χ2n) is 2.59. The number of hydrogen-bond donors (Lipinski definition) is 1. The molecule has 0 aliphatic rings. The van der Waals surface area contributed by atoms with Gasteiger partial charge in [-0.15, -0.1) is 6.58 Å². The predicted molar refractivity (Wildman–Crippen MR) is 52.4 cm³/mol. The quantitative estimate of drug-likeness (QED) is 0.344. The third kappa shape index (κ3) is 47.7. The zero-order chi connectivity index (χ0) is 8.62. The molecule has 0 amide bonds. The Labute approximate surface area is 98.5 Å². The van der Waals surface area contributed by atoms with Crippen molar-refractivity contribution in [3.63, 3.8) is 0 Å². The van der Waals surface area contributed by atoms with Crippen LogP contribution < -0.4 is 12.4 Å². The summed E-state index contributed by atoms with van der Waals surface area (Å²) < 4.78 is 0. The van der Waals surface area contributed by atoms with E-state index in [2.05, 4.69) is 20.1 Å². The SMILES string of the molecule is C=CCC(C)(C)O.C=C[CH2-].[Cl-].[Mg+2]. The average molecular weight is 201 g/mol. The van der Waals surface area contributed by atoms with Crippen molar-refractivity contribution in [2.75, 3.05) is 0 Å². The monoisotopic (exact) mass is 200 g/mol. The van der Waals surface area contributed by atoms with E-state index in [1.54, 1.807) is 19.9 Å². The number of allylic oxidation sites excluding steroid dienone is 1. The largest absolute Gasteiger partial charge is 2.00 e. The molecule has 0 saturated carbocycles. The Morgan fingerprint density at radius 1 is 1.42 bits per heavy atom. The summed E-state index contributed by atoms with van der Waals surface area (Å²) in [6.45, 7) is 13.5. The van der Waals surface area contributed by atoms with E-state index in [-0.39, 0.29) is 35.5 Å². The van der Waals surface area contributed by atoms with E-state index >= 15 is 0 Å². The van der Waals surface area contributed by atoms with Gasteiger partial charge in [-0.05, 0) is 20.3 Å². The maximum atomic E-state index is 8.95. The first-order valence-electron chi connectivity index (χ1n) is 3.21. The van der Waals surface area contributed by atoms with Crippen molar-refractivity contribution in [2.24, 2.45) is 0 Å². The summed E-state index contributed by atoms with van der Waals surface area (Å²) >= 11 is 0. The first-order valence-corrected chi connectivity index (χ1v) is 3.21. The van der Waals surface area contributed by atoms with Crippen molar-refractivity contribution >= 4 is 23.1 Å². The van der Waals surface area contributed by atoms with Gasteiger partial charge in [-0.1, -0.05) is 6.08 Å². The van der Waals surface area contributed by atoms with Crippen molar-refractivity contribution < 1.29 is 17.5 Å². The Bertz CT molecular complexity index is 97.2. The number of hydrogen-bond acceptors (Lipinski definition) is 1. The zero-order valence-electron chi connectivity index (χ0n) is 8.02. The van der Waals surface area contributed by atoms with Crippen LogP contribution in [0.4, 0.5) is 0 Å². The van der Waals surface area contributed by atoms with Crippen molar-refractivity contribution in [3.8, 4) is 0 Å². The van der Waals surface area contributed by atoms with Crippen molar-refractivity contribution in [1.82, 2.24) is 0 Å². The molecule has 0 saturated heterocycles.